The van der Waals surface area contributed by atoms with Gasteiger partial charge in [0.15, 0.2) is 0 Å². The number of rotatable bonds is 3. The molecule has 0 bridgehead atoms. The number of benzene rings is 1. The summed E-state index contributed by atoms with van der Waals surface area (Å²) < 4.78 is 1.84. The summed E-state index contributed by atoms with van der Waals surface area (Å²) in [6.45, 7) is 6.80. The minimum atomic E-state index is -0.0663. The van der Waals surface area contributed by atoms with Crippen molar-refractivity contribution in [2.24, 2.45) is 0 Å². The minimum Gasteiger partial charge on any atom is -0.378 e. The second-order valence-electron chi connectivity index (χ2n) is 5.30. The van der Waals surface area contributed by atoms with Crippen molar-refractivity contribution in [2.45, 2.75) is 32.9 Å². The van der Waals surface area contributed by atoms with E-state index in [-0.39, 0.29) is 5.54 Å². The highest BCUT2D eigenvalue weighted by molar-refractivity contribution is 6.36. The molecule has 4 nitrogen and oxygen atoms in total. The maximum absolute atomic E-state index is 6.09. The first kappa shape index (κ1) is 14.2. The molecule has 0 aliphatic heterocycles. The molecule has 2 rings (SSSR count). The van der Waals surface area contributed by atoms with Crippen molar-refractivity contribution in [3.8, 4) is 0 Å². The normalized spacial score (nSPS) is 11.6. The molecule has 1 aromatic heterocycles. The summed E-state index contributed by atoms with van der Waals surface area (Å²) in [6.07, 6.45) is 1.93. The summed E-state index contributed by atoms with van der Waals surface area (Å²) >= 11 is 11.9. The number of nitrogens with one attached hydrogen (secondary N) is 1. The largest absolute Gasteiger partial charge is 0.378 e. The van der Waals surface area contributed by atoms with E-state index in [1.165, 1.54) is 0 Å². The Labute approximate surface area is 122 Å². The van der Waals surface area contributed by atoms with Crippen LogP contribution in [0.3, 0.4) is 0 Å². The molecule has 1 aromatic carbocycles. The highest BCUT2D eigenvalue weighted by Crippen LogP contribution is 2.25. The van der Waals surface area contributed by atoms with Crippen LogP contribution >= 0.6 is 23.2 Å². The third-order valence-corrected chi connectivity index (χ3v) is 3.17. The molecule has 19 heavy (non-hydrogen) atoms. The van der Waals surface area contributed by atoms with Gasteiger partial charge in [0, 0.05) is 5.02 Å². The van der Waals surface area contributed by atoms with Crippen LogP contribution in [-0.4, -0.2) is 15.0 Å². The van der Waals surface area contributed by atoms with E-state index in [2.05, 4.69) is 36.4 Å². The van der Waals surface area contributed by atoms with Gasteiger partial charge in [0.2, 0.25) is 0 Å². The third-order valence-electron chi connectivity index (χ3n) is 2.62. The van der Waals surface area contributed by atoms with Gasteiger partial charge < -0.3 is 5.32 Å². The number of halogens is 2. The van der Waals surface area contributed by atoms with Crippen molar-refractivity contribution in [2.75, 3.05) is 5.32 Å². The van der Waals surface area contributed by atoms with Gasteiger partial charge in [0.05, 0.1) is 29.0 Å². The molecule has 0 unspecified atom stereocenters. The van der Waals surface area contributed by atoms with E-state index >= 15 is 0 Å². The molecular formula is C13H16Cl2N4. The summed E-state index contributed by atoms with van der Waals surface area (Å²) in [6, 6.07) is 5.35. The topological polar surface area (TPSA) is 42.7 Å². The van der Waals surface area contributed by atoms with E-state index < -0.39 is 0 Å². The first-order valence-electron chi connectivity index (χ1n) is 5.97. The predicted octanol–water partition coefficient (Wildman–Crippen LogP) is 3.95. The fourth-order valence-electron chi connectivity index (χ4n) is 1.53. The van der Waals surface area contributed by atoms with Crippen LogP contribution in [0.5, 0.6) is 0 Å². The molecule has 0 radical (unpaired) electrons. The molecule has 0 spiro atoms. The number of hydrogen-bond acceptors (Lipinski definition) is 3. The van der Waals surface area contributed by atoms with Crippen LogP contribution in [0.1, 0.15) is 26.5 Å². The van der Waals surface area contributed by atoms with Gasteiger partial charge in [0.25, 0.3) is 0 Å². The van der Waals surface area contributed by atoms with Crippen LogP contribution in [0.4, 0.5) is 5.69 Å². The molecule has 1 heterocycles. The number of nitrogens with zero attached hydrogens (tertiary/aromatic N) is 3. The van der Waals surface area contributed by atoms with E-state index in [1.54, 1.807) is 12.1 Å². The molecule has 102 valence electrons. The monoisotopic (exact) mass is 298 g/mol. The number of hydrogen-bond donors (Lipinski definition) is 1. The Kier molecular flexibility index (Phi) is 4.02. The van der Waals surface area contributed by atoms with Crippen LogP contribution in [0.15, 0.2) is 24.4 Å². The molecular weight excluding hydrogens is 283 g/mol. The van der Waals surface area contributed by atoms with Crippen molar-refractivity contribution in [3.63, 3.8) is 0 Å². The van der Waals surface area contributed by atoms with E-state index in [9.17, 15) is 0 Å². The lowest BCUT2D eigenvalue weighted by Crippen LogP contribution is -2.22. The van der Waals surface area contributed by atoms with Gasteiger partial charge in [-0.05, 0) is 39.0 Å². The zero-order valence-electron chi connectivity index (χ0n) is 11.1. The van der Waals surface area contributed by atoms with Crippen molar-refractivity contribution in [1.29, 1.82) is 0 Å². The van der Waals surface area contributed by atoms with E-state index in [1.807, 2.05) is 16.9 Å². The van der Waals surface area contributed by atoms with Gasteiger partial charge in [-0.2, -0.15) is 0 Å². The zero-order chi connectivity index (χ0) is 14.0. The Balaban J connectivity index is 2.04. The summed E-state index contributed by atoms with van der Waals surface area (Å²) in [5.41, 5.74) is 1.63. The molecule has 1 N–H and O–H groups in total. The Bertz CT molecular complexity index is 572. The van der Waals surface area contributed by atoms with Crippen molar-refractivity contribution in [3.05, 3.63) is 40.1 Å². The summed E-state index contributed by atoms with van der Waals surface area (Å²) in [7, 11) is 0. The van der Waals surface area contributed by atoms with Gasteiger partial charge in [-0.3, -0.25) is 0 Å². The standard InChI is InChI=1S/C13H16Cl2N4/c1-13(2,3)19-8-10(17-18-19)7-16-12-5-4-9(14)6-11(12)15/h4-6,8,16H,7H2,1-3H3. The van der Waals surface area contributed by atoms with Crippen molar-refractivity contribution >= 4 is 28.9 Å². The first-order chi connectivity index (χ1) is 8.86. The maximum atomic E-state index is 6.09. The highest BCUT2D eigenvalue weighted by Gasteiger charge is 2.14. The lowest BCUT2D eigenvalue weighted by atomic mass is 10.1. The molecule has 2 aromatic rings. The lowest BCUT2D eigenvalue weighted by Gasteiger charge is -2.17. The highest BCUT2D eigenvalue weighted by atomic mass is 35.5. The fourth-order valence-corrected chi connectivity index (χ4v) is 2.00. The molecule has 0 saturated heterocycles. The quantitative estimate of drug-likeness (QED) is 0.933. The average molecular weight is 299 g/mol. The van der Waals surface area contributed by atoms with Crippen LogP contribution in [0, 0.1) is 0 Å². The van der Waals surface area contributed by atoms with Crippen molar-refractivity contribution < 1.29 is 0 Å². The van der Waals surface area contributed by atoms with Crippen molar-refractivity contribution in [1.82, 2.24) is 15.0 Å². The second kappa shape index (κ2) is 5.39. The average Bonchev–Trinajstić information content (AvgIpc) is 2.76. The lowest BCUT2D eigenvalue weighted by molar-refractivity contribution is 0.347. The summed E-state index contributed by atoms with van der Waals surface area (Å²) in [4.78, 5) is 0. The van der Waals surface area contributed by atoms with Crippen LogP contribution in [-0.2, 0) is 12.1 Å². The Morgan fingerprint density at radius 1 is 1.26 bits per heavy atom. The van der Waals surface area contributed by atoms with E-state index in [4.69, 9.17) is 23.2 Å². The summed E-state index contributed by atoms with van der Waals surface area (Å²) in [5.74, 6) is 0. The molecule has 0 atom stereocenters. The van der Waals surface area contributed by atoms with Gasteiger partial charge in [-0.1, -0.05) is 28.4 Å². The van der Waals surface area contributed by atoms with Gasteiger partial charge >= 0.3 is 0 Å². The molecule has 0 aliphatic rings. The van der Waals surface area contributed by atoms with Gasteiger partial charge in [-0.15, -0.1) is 5.10 Å². The molecule has 0 aliphatic carbocycles. The van der Waals surface area contributed by atoms with Crippen LogP contribution in [0.25, 0.3) is 0 Å². The third kappa shape index (κ3) is 3.61. The second-order valence-corrected chi connectivity index (χ2v) is 6.15. The number of anilines is 1. The Morgan fingerprint density at radius 3 is 2.58 bits per heavy atom. The van der Waals surface area contributed by atoms with Crippen LogP contribution < -0.4 is 5.32 Å². The predicted molar refractivity (Wildman–Crippen MR) is 78.8 cm³/mol. The molecule has 0 fully saturated rings. The van der Waals surface area contributed by atoms with E-state index in [0.717, 1.165) is 11.4 Å². The minimum absolute atomic E-state index is 0.0663. The first-order valence-corrected chi connectivity index (χ1v) is 6.72. The number of aromatic nitrogens is 3. The Hall–Kier alpha value is -1.26. The van der Waals surface area contributed by atoms with Crippen LogP contribution in [0.2, 0.25) is 10.0 Å². The fraction of sp³-hybridized carbons (Fsp3) is 0.385. The van der Waals surface area contributed by atoms with Gasteiger partial charge in [-0.25, -0.2) is 4.68 Å². The van der Waals surface area contributed by atoms with Gasteiger partial charge in [0.1, 0.15) is 5.69 Å². The SMILES string of the molecule is CC(C)(C)n1cc(CNc2ccc(Cl)cc2Cl)nn1. The molecule has 0 amide bonds. The molecule has 0 saturated carbocycles. The zero-order valence-corrected chi connectivity index (χ0v) is 12.6. The molecule has 6 heteroatoms. The maximum Gasteiger partial charge on any atom is 0.102 e. The summed E-state index contributed by atoms with van der Waals surface area (Å²) in [5, 5.41) is 12.7. The van der Waals surface area contributed by atoms with E-state index in [0.29, 0.717) is 16.6 Å². The Morgan fingerprint density at radius 2 is 2.00 bits per heavy atom. The smallest absolute Gasteiger partial charge is 0.102 e.